The Labute approximate surface area is 118 Å². The second-order valence-electron chi connectivity index (χ2n) is 5.15. The van der Waals surface area contributed by atoms with E-state index in [1.807, 2.05) is 56.3 Å². The number of para-hydroxylation sites is 2. The minimum atomic E-state index is -0.466. The number of benzene rings is 2. The van der Waals surface area contributed by atoms with Crippen LogP contribution >= 0.6 is 0 Å². The lowest BCUT2D eigenvalue weighted by atomic mass is 10.00. The molecule has 0 aliphatic carbocycles. The quantitative estimate of drug-likeness (QED) is 0.848. The van der Waals surface area contributed by atoms with E-state index in [9.17, 15) is 4.79 Å². The Bertz CT molecular complexity index is 664. The first-order valence-corrected chi connectivity index (χ1v) is 6.76. The smallest absolute Gasteiger partial charge is 0.205 e. The number of carbonyl (C=O) groups excluding carboxylic acids is 1. The monoisotopic (exact) mass is 267 g/mol. The molecule has 1 unspecified atom stereocenters. The summed E-state index contributed by atoms with van der Waals surface area (Å²) in [6, 6.07) is 13.5. The molecule has 20 heavy (non-hydrogen) atoms. The first-order valence-electron chi connectivity index (χ1n) is 6.76. The van der Waals surface area contributed by atoms with Crippen LogP contribution in [0.4, 0.5) is 5.69 Å². The van der Waals surface area contributed by atoms with Gasteiger partial charge in [-0.15, -0.1) is 0 Å². The first-order chi connectivity index (χ1) is 9.65. The molecule has 0 amide bonds. The second-order valence-corrected chi connectivity index (χ2v) is 5.15. The van der Waals surface area contributed by atoms with Crippen LogP contribution in [0.25, 0.3) is 0 Å². The lowest BCUT2D eigenvalue weighted by Crippen LogP contribution is -2.37. The van der Waals surface area contributed by atoms with Gasteiger partial charge in [0.2, 0.25) is 5.78 Å². The van der Waals surface area contributed by atoms with Crippen LogP contribution < -0.4 is 10.1 Å². The molecule has 102 valence electrons. The van der Waals surface area contributed by atoms with E-state index in [4.69, 9.17) is 4.74 Å². The molecule has 0 spiro atoms. The van der Waals surface area contributed by atoms with E-state index >= 15 is 0 Å². The summed E-state index contributed by atoms with van der Waals surface area (Å²) in [5.74, 6) is 0.760. The zero-order valence-corrected chi connectivity index (χ0v) is 11.6. The second kappa shape index (κ2) is 5.00. The van der Waals surface area contributed by atoms with Crippen molar-refractivity contribution in [1.82, 2.24) is 0 Å². The van der Waals surface area contributed by atoms with Gasteiger partial charge in [0.25, 0.3) is 0 Å². The van der Waals surface area contributed by atoms with E-state index in [0.29, 0.717) is 12.1 Å². The van der Waals surface area contributed by atoms with E-state index < -0.39 is 6.10 Å². The molecule has 1 aliphatic rings. The normalized spacial score (nSPS) is 16.8. The molecule has 0 radical (unpaired) electrons. The average molecular weight is 267 g/mol. The fourth-order valence-electron chi connectivity index (χ4n) is 2.34. The molecule has 3 nitrogen and oxygen atoms in total. The average Bonchev–Trinajstić information content (AvgIpc) is 2.49. The van der Waals surface area contributed by atoms with Gasteiger partial charge in [-0.05, 0) is 43.2 Å². The SMILES string of the molecule is Cc1ccc(C(=O)C2CNc3ccccc3O2)cc1C. The topological polar surface area (TPSA) is 38.3 Å². The zero-order chi connectivity index (χ0) is 14.1. The number of anilines is 1. The fraction of sp³-hybridized carbons (Fsp3) is 0.235. The first kappa shape index (κ1) is 12.7. The largest absolute Gasteiger partial charge is 0.478 e. The van der Waals surface area contributed by atoms with Crippen molar-refractivity contribution in [3.63, 3.8) is 0 Å². The van der Waals surface area contributed by atoms with Gasteiger partial charge in [-0.1, -0.05) is 24.3 Å². The summed E-state index contributed by atoms with van der Waals surface area (Å²) in [5, 5.41) is 3.24. The minimum Gasteiger partial charge on any atom is -0.478 e. The zero-order valence-electron chi connectivity index (χ0n) is 11.6. The standard InChI is InChI=1S/C17H17NO2/c1-11-7-8-13(9-12(11)2)17(19)16-10-18-14-5-3-4-6-15(14)20-16/h3-9,16,18H,10H2,1-2H3. The molecule has 2 aromatic carbocycles. The predicted octanol–water partition coefficient (Wildman–Crippen LogP) is 3.36. The van der Waals surface area contributed by atoms with Crippen LogP contribution in [-0.2, 0) is 0 Å². The Kier molecular flexibility index (Phi) is 3.18. The molecule has 1 heterocycles. The van der Waals surface area contributed by atoms with Crippen molar-refractivity contribution < 1.29 is 9.53 Å². The van der Waals surface area contributed by atoms with E-state index in [2.05, 4.69) is 5.32 Å². The van der Waals surface area contributed by atoms with Gasteiger partial charge in [0.15, 0.2) is 6.10 Å². The summed E-state index contributed by atoms with van der Waals surface area (Å²) in [7, 11) is 0. The number of ketones is 1. The lowest BCUT2D eigenvalue weighted by Gasteiger charge is -2.26. The number of nitrogens with one attached hydrogen (secondary N) is 1. The number of aryl methyl sites for hydroxylation is 2. The maximum absolute atomic E-state index is 12.5. The number of hydrogen-bond acceptors (Lipinski definition) is 3. The Morgan fingerprint density at radius 2 is 1.95 bits per heavy atom. The van der Waals surface area contributed by atoms with Gasteiger partial charge in [-0.3, -0.25) is 4.79 Å². The Morgan fingerprint density at radius 3 is 2.75 bits per heavy atom. The Hall–Kier alpha value is -2.29. The number of fused-ring (bicyclic) bond motifs is 1. The molecule has 0 fully saturated rings. The minimum absolute atomic E-state index is 0.0232. The summed E-state index contributed by atoms with van der Waals surface area (Å²) >= 11 is 0. The van der Waals surface area contributed by atoms with Gasteiger partial charge in [0.1, 0.15) is 5.75 Å². The number of Topliss-reactive ketones (excluding diaryl/α,β-unsaturated/α-hetero) is 1. The fourth-order valence-corrected chi connectivity index (χ4v) is 2.34. The van der Waals surface area contributed by atoms with E-state index in [-0.39, 0.29) is 5.78 Å². The van der Waals surface area contributed by atoms with Crippen LogP contribution in [0, 0.1) is 13.8 Å². The van der Waals surface area contributed by atoms with Crippen LogP contribution in [0.3, 0.4) is 0 Å². The van der Waals surface area contributed by atoms with Gasteiger partial charge in [-0.25, -0.2) is 0 Å². The van der Waals surface area contributed by atoms with E-state index in [0.717, 1.165) is 17.0 Å². The lowest BCUT2D eigenvalue weighted by molar-refractivity contribution is 0.0801. The third-order valence-electron chi connectivity index (χ3n) is 3.72. The maximum atomic E-state index is 12.5. The molecule has 0 saturated carbocycles. The van der Waals surface area contributed by atoms with Crippen molar-refractivity contribution in [2.24, 2.45) is 0 Å². The molecular weight excluding hydrogens is 250 g/mol. The van der Waals surface area contributed by atoms with Gasteiger partial charge >= 0.3 is 0 Å². The van der Waals surface area contributed by atoms with Gasteiger partial charge in [0.05, 0.1) is 12.2 Å². The highest BCUT2D eigenvalue weighted by Gasteiger charge is 2.26. The van der Waals surface area contributed by atoms with Crippen molar-refractivity contribution in [2.75, 3.05) is 11.9 Å². The highest BCUT2D eigenvalue weighted by molar-refractivity contribution is 6.00. The van der Waals surface area contributed by atoms with E-state index in [1.54, 1.807) is 0 Å². The summed E-state index contributed by atoms with van der Waals surface area (Å²) < 4.78 is 5.81. The molecule has 3 heteroatoms. The van der Waals surface area contributed by atoms with Crippen LogP contribution in [0.15, 0.2) is 42.5 Å². The van der Waals surface area contributed by atoms with Crippen LogP contribution in [0.1, 0.15) is 21.5 Å². The summed E-state index contributed by atoms with van der Waals surface area (Å²) in [4.78, 5) is 12.5. The number of carbonyl (C=O) groups is 1. The highest BCUT2D eigenvalue weighted by atomic mass is 16.5. The molecule has 0 aromatic heterocycles. The van der Waals surface area contributed by atoms with Crippen LogP contribution in [0.5, 0.6) is 5.75 Å². The molecular formula is C17H17NO2. The molecule has 1 atom stereocenters. The molecule has 3 rings (SSSR count). The number of hydrogen-bond donors (Lipinski definition) is 1. The van der Waals surface area contributed by atoms with Gasteiger partial charge < -0.3 is 10.1 Å². The Morgan fingerprint density at radius 1 is 1.15 bits per heavy atom. The third-order valence-corrected chi connectivity index (χ3v) is 3.72. The van der Waals surface area contributed by atoms with Crippen molar-refractivity contribution in [1.29, 1.82) is 0 Å². The summed E-state index contributed by atoms with van der Waals surface area (Å²) in [6.07, 6.45) is -0.466. The van der Waals surface area contributed by atoms with Crippen LogP contribution in [0.2, 0.25) is 0 Å². The molecule has 2 aromatic rings. The van der Waals surface area contributed by atoms with Crippen molar-refractivity contribution in [3.05, 3.63) is 59.2 Å². The summed E-state index contributed by atoms with van der Waals surface area (Å²) in [5.41, 5.74) is 3.96. The third kappa shape index (κ3) is 2.27. The maximum Gasteiger partial charge on any atom is 0.205 e. The number of rotatable bonds is 2. The molecule has 0 saturated heterocycles. The van der Waals surface area contributed by atoms with Crippen molar-refractivity contribution in [2.45, 2.75) is 20.0 Å². The molecule has 1 aliphatic heterocycles. The van der Waals surface area contributed by atoms with Gasteiger partial charge in [-0.2, -0.15) is 0 Å². The van der Waals surface area contributed by atoms with Crippen LogP contribution in [-0.4, -0.2) is 18.4 Å². The number of ether oxygens (including phenoxy) is 1. The predicted molar refractivity (Wildman–Crippen MR) is 79.6 cm³/mol. The molecule has 0 bridgehead atoms. The Balaban J connectivity index is 1.84. The van der Waals surface area contributed by atoms with Crippen molar-refractivity contribution >= 4 is 11.5 Å². The van der Waals surface area contributed by atoms with Gasteiger partial charge in [0, 0.05) is 5.56 Å². The van der Waals surface area contributed by atoms with E-state index in [1.165, 1.54) is 5.56 Å². The van der Waals surface area contributed by atoms with Crippen molar-refractivity contribution in [3.8, 4) is 5.75 Å². The highest BCUT2D eigenvalue weighted by Crippen LogP contribution is 2.29. The summed E-state index contributed by atoms with van der Waals surface area (Å²) in [6.45, 7) is 4.56. The molecule has 1 N–H and O–H groups in total.